The van der Waals surface area contributed by atoms with Crippen LogP contribution in [0.3, 0.4) is 0 Å². The topological polar surface area (TPSA) is 65.6 Å². The number of H-pyrrole nitrogens is 1. The van der Waals surface area contributed by atoms with Crippen molar-refractivity contribution < 1.29 is 14.3 Å². The van der Waals surface area contributed by atoms with E-state index in [1.807, 2.05) is 43.3 Å². The van der Waals surface area contributed by atoms with Gasteiger partial charge < -0.3 is 19.5 Å². The monoisotopic (exact) mass is 423 g/mol. The molecule has 3 heterocycles. The molecule has 2 aliphatic rings. The Labute approximate surface area is 179 Å². The molecule has 5 rings (SSSR count). The van der Waals surface area contributed by atoms with Crippen LogP contribution in [0.2, 0.25) is 5.02 Å². The van der Waals surface area contributed by atoms with Crippen LogP contribution in [0.15, 0.2) is 42.5 Å². The number of nitrogens with one attached hydrogen (secondary N) is 1. The van der Waals surface area contributed by atoms with Gasteiger partial charge in [-0.05, 0) is 54.8 Å². The summed E-state index contributed by atoms with van der Waals surface area (Å²) in [6.45, 7) is 2.79. The number of piperazine rings is 1. The lowest BCUT2D eigenvalue weighted by molar-refractivity contribution is -0.166. The number of hydrogen-bond donors (Lipinski definition) is 1. The predicted octanol–water partition coefficient (Wildman–Crippen LogP) is 3.47. The van der Waals surface area contributed by atoms with Gasteiger partial charge in [0.2, 0.25) is 5.91 Å². The summed E-state index contributed by atoms with van der Waals surface area (Å²) in [5, 5.41) is 1.65. The van der Waals surface area contributed by atoms with Crippen LogP contribution in [0, 0.1) is 0 Å². The molecule has 2 amide bonds. The van der Waals surface area contributed by atoms with Crippen molar-refractivity contribution in [2.24, 2.45) is 0 Å². The number of aromatic amines is 1. The lowest BCUT2D eigenvalue weighted by Gasteiger charge is -2.49. The first-order valence-electron chi connectivity index (χ1n) is 9.95. The Bertz CT molecular complexity index is 1190. The summed E-state index contributed by atoms with van der Waals surface area (Å²) in [6.07, 6.45) is 0.700. The Balaban J connectivity index is 1.59. The number of rotatable bonds is 3. The zero-order valence-electron chi connectivity index (χ0n) is 16.9. The summed E-state index contributed by atoms with van der Waals surface area (Å²) in [4.78, 5) is 33.6. The average Bonchev–Trinajstić information content (AvgIpc) is 3.11. The molecule has 1 fully saturated rings. The highest BCUT2D eigenvalue weighted by Crippen LogP contribution is 2.42. The molecule has 30 heavy (non-hydrogen) atoms. The van der Waals surface area contributed by atoms with Crippen molar-refractivity contribution in [3.05, 3.63) is 64.3 Å². The lowest BCUT2D eigenvalue weighted by atomic mass is 9.83. The minimum Gasteiger partial charge on any atom is -0.497 e. The SMILES string of the molecule is COc1ccc2[nH]c3c(c2c1)CCN1C(=O)CN(Cc2cccc(Cl)c2)C(=O)[C@]31C. The van der Waals surface area contributed by atoms with Crippen molar-refractivity contribution >= 4 is 34.3 Å². The molecule has 3 aromatic rings. The highest BCUT2D eigenvalue weighted by atomic mass is 35.5. The van der Waals surface area contributed by atoms with Gasteiger partial charge in [-0.25, -0.2) is 0 Å². The molecule has 0 unspecified atom stereocenters. The van der Waals surface area contributed by atoms with Crippen molar-refractivity contribution in [2.75, 3.05) is 20.2 Å². The Kier molecular flexibility index (Phi) is 4.29. The standard InChI is InChI=1S/C23H22ClN3O3/c1-23-21-17(18-11-16(30-2)6-7-19(18)25-21)8-9-27(23)20(28)13-26(22(23)29)12-14-4-3-5-15(24)10-14/h3-7,10-11,25H,8-9,12-13H2,1-2H3/t23-/m0/s1. The number of methoxy groups -OCH3 is 1. The zero-order chi connectivity index (χ0) is 21.0. The van der Waals surface area contributed by atoms with Gasteiger partial charge in [-0.1, -0.05) is 23.7 Å². The number of carbonyl (C=O) groups is 2. The first-order valence-corrected chi connectivity index (χ1v) is 10.3. The molecule has 7 heteroatoms. The number of aromatic nitrogens is 1. The van der Waals surface area contributed by atoms with E-state index < -0.39 is 5.54 Å². The van der Waals surface area contributed by atoms with E-state index in [2.05, 4.69) is 4.98 Å². The van der Waals surface area contributed by atoms with E-state index in [1.165, 1.54) is 0 Å². The normalized spacial score (nSPS) is 21.0. The average molecular weight is 424 g/mol. The lowest BCUT2D eigenvalue weighted by Crippen LogP contribution is -2.66. The summed E-state index contributed by atoms with van der Waals surface area (Å²) >= 11 is 6.11. The molecule has 0 spiro atoms. The van der Waals surface area contributed by atoms with E-state index in [0.29, 0.717) is 24.5 Å². The van der Waals surface area contributed by atoms with Crippen LogP contribution in [-0.4, -0.2) is 46.8 Å². The van der Waals surface area contributed by atoms with Crippen molar-refractivity contribution in [3.63, 3.8) is 0 Å². The van der Waals surface area contributed by atoms with Crippen molar-refractivity contribution in [1.29, 1.82) is 0 Å². The largest absolute Gasteiger partial charge is 0.497 e. The summed E-state index contributed by atoms with van der Waals surface area (Å²) in [7, 11) is 1.64. The van der Waals surface area contributed by atoms with Crippen LogP contribution in [-0.2, 0) is 28.1 Å². The van der Waals surface area contributed by atoms with Crippen LogP contribution in [0.1, 0.15) is 23.7 Å². The Morgan fingerprint density at radius 1 is 1.20 bits per heavy atom. The van der Waals surface area contributed by atoms with E-state index in [1.54, 1.807) is 23.0 Å². The van der Waals surface area contributed by atoms with E-state index >= 15 is 0 Å². The van der Waals surface area contributed by atoms with Gasteiger partial charge in [-0.2, -0.15) is 0 Å². The molecule has 0 radical (unpaired) electrons. The number of carbonyl (C=O) groups excluding carboxylic acids is 2. The summed E-state index contributed by atoms with van der Waals surface area (Å²) in [5.41, 5.74) is 2.65. The molecule has 2 aliphatic heterocycles. The second kappa shape index (κ2) is 6.77. The molecule has 1 atom stereocenters. The Hall–Kier alpha value is -2.99. The van der Waals surface area contributed by atoms with Gasteiger partial charge in [0.1, 0.15) is 12.3 Å². The van der Waals surface area contributed by atoms with Crippen molar-refractivity contribution in [1.82, 2.24) is 14.8 Å². The van der Waals surface area contributed by atoms with Gasteiger partial charge in [0.25, 0.3) is 5.91 Å². The molecule has 154 valence electrons. The molecule has 0 aliphatic carbocycles. The maximum absolute atomic E-state index is 13.7. The van der Waals surface area contributed by atoms with E-state index in [-0.39, 0.29) is 18.4 Å². The fraction of sp³-hybridized carbons (Fsp3) is 0.304. The first-order chi connectivity index (χ1) is 14.4. The minimum absolute atomic E-state index is 0.0407. The number of halogens is 1. The third kappa shape index (κ3) is 2.70. The zero-order valence-corrected chi connectivity index (χ0v) is 17.6. The van der Waals surface area contributed by atoms with Gasteiger partial charge in [0.15, 0.2) is 5.54 Å². The number of nitrogens with zero attached hydrogens (tertiary/aromatic N) is 2. The summed E-state index contributed by atoms with van der Waals surface area (Å²) in [6, 6.07) is 13.2. The van der Waals surface area contributed by atoms with Crippen LogP contribution >= 0.6 is 11.6 Å². The maximum Gasteiger partial charge on any atom is 0.255 e. The molecular weight excluding hydrogens is 402 g/mol. The molecule has 1 N–H and O–H groups in total. The highest BCUT2D eigenvalue weighted by Gasteiger charge is 2.54. The molecule has 1 aromatic heterocycles. The van der Waals surface area contributed by atoms with Gasteiger partial charge in [0, 0.05) is 29.0 Å². The van der Waals surface area contributed by atoms with Crippen molar-refractivity contribution in [2.45, 2.75) is 25.4 Å². The smallest absolute Gasteiger partial charge is 0.255 e. The van der Waals surface area contributed by atoms with Crippen LogP contribution in [0.4, 0.5) is 0 Å². The van der Waals surface area contributed by atoms with E-state index in [4.69, 9.17) is 16.3 Å². The molecule has 0 saturated carbocycles. The van der Waals surface area contributed by atoms with Gasteiger partial charge in [0.05, 0.1) is 12.8 Å². The number of ether oxygens (including phenoxy) is 1. The molecule has 6 nitrogen and oxygen atoms in total. The van der Waals surface area contributed by atoms with Crippen LogP contribution in [0.25, 0.3) is 10.9 Å². The van der Waals surface area contributed by atoms with Gasteiger partial charge in [-0.3, -0.25) is 9.59 Å². The summed E-state index contributed by atoms with van der Waals surface area (Å²) < 4.78 is 5.38. The quantitative estimate of drug-likeness (QED) is 0.701. The fourth-order valence-corrected chi connectivity index (χ4v) is 5.03. The molecule has 2 aromatic carbocycles. The van der Waals surface area contributed by atoms with Gasteiger partial charge in [-0.15, -0.1) is 0 Å². The predicted molar refractivity (Wildman–Crippen MR) is 114 cm³/mol. The third-order valence-corrected chi connectivity index (χ3v) is 6.55. The second-order valence-corrected chi connectivity index (χ2v) is 8.49. The number of fused-ring (bicyclic) bond motifs is 5. The van der Waals surface area contributed by atoms with Gasteiger partial charge >= 0.3 is 0 Å². The minimum atomic E-state index is -1.06. The Morgan fingerprint density at radius 2 is 2.03 bits per heavy atom. The van der Waals surface area contributed by atoms with E-state index in [0.717, 1.165) is 33.5 Å². The fourth-order valence-electron chi connectivity index (χ4n) is 4.82. The maximum atomic E-state index is 13.7. The van der Waals surface area contributed by atoms with E-state index in [9.17, 15) is 9.59 Å². The molecule has 1 saturated heterocycles. The van der Waals surface area contributed by atoms with Crippen molar-refractivity contribution in [3.8, 4) is 5.75 Å². The number of benzene rings is 2. The molecular formula is C23H22ClN3O3. The summed E-state index contributed by atoms with van der Waals surface area (Å²) in [5.74, 6) is 0.646. The van der Waals surface area contributed by atoms with Crippen LogP contribution < -0.4 is 4.74 Å². The second-order valence-electron chi connectivity index (χ2n) is 8.05. The Morgan fingerprint density at radius 3 is 2.80 bits per heavy atom. The van der Waals surface area contributed by atoms with Crippen LogP contribution in [0.5, 0.6) is 5.75 Å². The number of hydrogen-bond acceptors (Lipinski definition) is 3. The third-order valence-electron chi connectivity index (χ3n) is 6.32. The number of amides is 2. The highest BCUT2D eigenvalue weighted by molar-refractivity contribution is 6.30. The molecule has 0 bridgehead atoms. The first kappa shape index (κ1) is 19.0.